The summed E-state index contributed by atoms with van der Waals surface area (Å²) < 4.78 is 0. The Bertz CT molecular complexity index is 757. The Kier molecular flexibility index (Phi) is 8.46. The van der Waals surface area contributed by atoms with E-state index in [0.717, 1.165) is 57.4 Å². The quantitative estimate of drug-likeness (QED) is 0.664. The van der Waals surface area contributed by atoms with Crippen molar-refractivity contribution in [3.63, 3.8) is 0 Å². The van der Waals surface area contributed by atoms with Gasteiger partial charge in [0.25, 0.3) is 5.91 Å². The molecule has 170 valence electrons. The van der Waals surface area contributed by atoms with Gasteiger partial charge in [0.05, 0.1) is 6.54 Å². The highest BCUT2D eigenvalue weighted by atomic mass is 16.2. The van der Waals surface area contributed by atoms with Crippen LogP contribution in [0, 0.1) is 11.8 Å². The van der Waals surface area contributed by atoms with Crippen LogP contribution in [-0.2, 0) is 16.1 Å². The molecule has 0 spiro atoms. The summed E-state index contributed by atoms with van der Waals surface area (Å²) in [5.74, 6) is 0.576. The number of nitrogens with zero attached hydrogens (tertiary/aromatic N) is 2. The van der Waals surface area contributed by atoms with Gasteiger partial charge in [0, 0.05) is 44.2 Å². The number of amides is 3. The van der Waals surface area contributed by atoms with Gasteiger partial charge in [-0.05, 0) is 55.8 Å². The molecule has 3 amide bonds. The van der Waals surface area contributed by atoms with Crippen LogP contribution in [-0.4, -0.2) is 66.8 Å². The van der Waals surface area contributed by atoms with Gasteiger partial charge >= 0.3 is 0 Å². The molecule has 0 saturated carbocycles. The molecule has 2 aliphatic rings. The van der Waals surface area contributed by atoms with Gasteiger partial charge in [-0.15, -0.1) is 0 Å². The van der Waals surface area contributed by atoms with Crippen molar-refractivity contribution in [2.75, 3.05) is 39.3 Å². The lowest BCUT2D eigenvalue weighted by molar-refractivity contribution is -0.125. The zero-order valence-corrected chi connectivity index (χ0v) is 18.9. The maximum Gasteiger partial charge on any atom is 0.253 e. The lowest BCUT2D eigenvalue weighted by Gasteiger charge is -2.32. The predicted octanol–water partition coefficient (Wildman–Crippen LogP) is 2.02. The molecule has 2 heterocycles. The molecule has 0 radical (unpaired) electrons. The van der Waals surface area contributed by atoms with Crippen LogP contribution in [0.1, 0.15) is 55.5 Å². The number of rotatable bonds is 8. The van der Waals surface area contributed by atoms with E-state index in [1.165, 1.54) is 0 Å². The van der Waals surface area contributed by atoms with Gasteiger partial charge in [0.15, 0.2) is 0 Å². The molecule has 31 heavy (non-hydrogen) atoms. The monoisotopic (exact) mass is 428 g/mol. The van der Waals surface area contributed by atoms with Crippen LogP contribution < -0.4 is 10.6 Å². The van der Waals surface area contributed by atoms with Gasteiger partial charge in [-0.3, -0.25) is 19.3 Å². The Labute approximate surface area is 185 Å². The first-order chi connectivity index (χ1) is 14.9. The van der Waals surface area contributed by atoms with Crippen molar-refractivity contribution in [1.82, 2.24) is 20.4 Å². The van der Waals surface area contributed by atoms with Gasteiger partial charge in [0.2, 0.25) is 11.8 Å². The zero-order chi connectivity index (χ0) is 22.2. The fraction of sp³-hybridized carbons (Fsp3) is 0.625. The highest BCUT2D eigenvalue weighted by Crippen LogP contribution is 2.16. The third-order valence-electron chi connectivity index (χ3n) is 6.14. The van der Waals surface area contributed by atoms with E-state index >= 15 is 0 Å². The molecule has 0 aliphatic carbocycles. The Morgan fingerprint density at radius 3 is 2.39 bits per heavy atom. The normalized spacial score (nSPS) is 19.5. The lowest BCUT2D eigenvalue weighted by atomic mass is 9.97. The topological polar surface area (TPSA) is 81.8 Å². The maximum atomic E-state index is 12.4. The number of piperidine rings is 1. The zero-order valence-electron chi connectivity index (χ0n) is 18.9. The molecular formula is C24H36N4O3. The maximum absolute atomic E-state index is 12.4. The Balaban J connectivity index is 1.39. The molecular weight excluding hydrogens is 392 g/mol. The van der Waals surface area contributed by atoms with Gasteiger partial charge < -0.3 is 15.5 Å². The van der Waals surface area contributed by atoms with Crippen LogP contribution >= 0.6 is 0 Å². The summed E-state index contributed by atoms with van der Waals surface area (Å²) in [5, 5.41) is 5.99. The summed E-state index contributed by atoms with van der Waals surface area (Å²) in [4.78, 5) is 40.7. The fourth-order valence-electron chi connectivity index (χ4n) is 4.24. The second-order valence-corrected chi connectivity index (χ2v) is 9.12. The second-order valence-electron chi connectivity index (χ2n) is 9.12. The van der Waals surface area contributed by atoms with E-state index in [1.54, 1.807) is 0 Å². The molecule has 1 atom stereocenters. The Morgan fingerprint density at radius 2 is 1.71 bits per heavy atom. The molecule has 0 aromatic heterocycles. The largest absolute Gasteiger partial charge is 0.356 e. The molecule has 0 bridgehead atoms. The summed E-state index contributed by atoms with van der Waals surface area (Å²) in [6.07, 6.45) is 4.29. The number of hydrogen-bond donors (Lipinski definition) is 2. The van der Waals surface area contributed by atoms with E-state index < -0.39 is 0 Å². The van der Waals surface area contributed by atoms with Crippen LogP contribution in [0.2, 0.25) is 0 Å². The molecule has 2 aliphatic heterocycles. The Hall–Kier alpha value is -2.41. The molecule has 2 saturated heterocycles. The summed E-state index contributed by atoms with van der Waals surface area (Å²) in [7, 11) is 0. The molecule has 3 rings (SSSR count). The van der Waals surface area contributed by atoms with Crippen molar-refractivity contribution < 1.29 is 14.4 Å². The third-order valence-corrected chi connectivity index (χ3v) is 6.14. The fourth-order valence-corrected chi connectivity index (χ4v) is 4.24. The second kappa shape index (κ2) is 11.3. The average molecular weight is 429 g/mol. The van der Waals surface area contributed by atoms with Crippen LogP contribution in [0.3, 0.4) is 0 Å². The van der Waals surface area contributed by atoms with E-state index in [2.05, 4.69) is 15.5 Å². The van der Waals surface area contributed by atoms with Crippen molar-refractivity contribution in [3.05, 3.63) is 35.4 Å². The highest BCUT2D eigenvalue weighted by molar-refractivity contribution is 5.94. The number of carbonyl (C=O) groups excluding carboxylic acids is 3. The molecule has 7 heteroatoms. The third kappa shape index (κ3) is 7.06. The smallest absolute Gasteiger partial charge is 0.253 e. The number of hydrogen-bond acceptors (Lipinski definition) is 4. The van der Waals surface area contributed by atoms with E-state index in [0.29, 0.717) is 31.1 Å². The van der Waals surface area contributed by atoms with E-state index in [-0.39, 0.29) is 23.6 Å². The molecule has 2 N–H and O–H groups in total. The van der Waals surface area contributed by atoms with Crippen LogP contribution in [0.5, 0.6) is 0 Å². The number of nitrogens with one attached hydrogen (secondary N) is 2. The van der Waals surface area contributed by atoms with Crippen molar-refractivity contribution in [2.45, 2.75) is 46.1 Å². The van der Waals surface area contributed by atoms with Gasteiger partial charge in [-0.2, -0.15) is 0 Å². The Morgan fingerprint density at radius 1 is 1.00 bits per heavy atom. The summed E-state index contributed by atoms with van der Waals surface area (Å²) >= 11 is 0. The molecule has 1 aromatic carbocycles. The molecule has 7 nitrogen and oxygen atoms in total. The number of carbonyl (C=O) groups is 3. The van der Waals surface area contributed by atoms with E-state index in [9.17, 15) is 14.4 Å². The van der Waals surface area contributed by atoms with Crippen molar-refractivity contribution in [2.24, 2.45) is 11.8 Å². The molecule has 2 fully saturated rings. The van der Waals surface area contributed by atoms with Crippen molar-refractivity contribution >= 4 is 17.7 Å². The van der Waals surface area contributed by atoms with Gasteiger partial charge in [-0.25, -0.2) is 0 Å². The van der Waals surface area contributed by atoms with Crippen molar-refractivity contribution in [1.29, 1.82) is 0 Å². The van der Waals surface area contributed by atoms with E-state index in [4.69, 9.17) is 0 Å². The SMILES string of the molecule is CC(C)C(=O)NCC1CCCN(CC(=O)NCc2ccc(C(=O)N3CCCC3)cc2)C1. The highest BCUT2D eigenvalue weighted by Gasteiger charge is 2.22. The van der Waals surface area contributed by atoms with Crippen LogP contribution in [0.15, 0.2) is 24.3 Å². The number of likely N-dealkylation sites (tertiary alicyclic amines) is 2. The first-order valence-electron chi connectivity index (χ1n) is 11.6. The molecule has 1 aromatic rings. The number of benzene rings is 1. The standard InChI is InChI=1S/C24H36N4O3/c1-18(2)23(30)26-15-20-6-5-11-27(16-20)17-22(29)25-14-19-7-9-21(10-8-19)24(31)28-12-3-4-13-28/h7-10,18,20H,3-6,11-17H2,1-2H3,(H,25,29)(H,26,30). The van der Waals surface area contributed by atoms with Crippen molar-refractivity contribution in [3.8, 4) is 0 Å². The van der Waals surface area contributed by atoms with E-state index in [1.807, 2.05) is 43.0 Å². The van der Waals surface area contributed by atoms with Gasteiger partial charge in [0.1, 0.15) is 0 Å². The summed E-state index contributed by atoms with van der Waals surface area (Å²) in [5.41, 5.74) is 1.69. The summed E-state index contributed by atoms with van der Waals surface area (Å²) in [6.45, 7) is 8.73. The molecule has 1 unspecified atom stereocenters. The van der Waals surface area contributed by atoms with Crippen LogP contribution in [0.4, 0.5) is 0 Å². The summed E-state index contributed by atoms with van der Waals surface area (Å²) in [6, 6.07) is 7.53. The van der Waals surface area contributed by atoms with Crippen LogP contribution in [0.25, 0.3) is 0 Å². The average Bonchev–Trinajstić information content (AvgIpc) is 3.31. The lowest BCUT2D eigenvalue weighted by Crippen LogP contribution is -2.45. The minimum absolute atomic E-state index is 0.00197. The minimum atomic E-state index is -0.00197. The predicted molar refractivity (Wildman–Crippen MR) is 120 cm³/mol. The first kappa shape index (κ1) is 23.3. The van der Waals surface area contributed by atoms with Gasteiger partial charge in [-0.1, -0.05) is 26.0 Å². The minimum Gasteiger partial charge on any atom is -0.356 e. The first-order valence-corrected chi connectivity index (χ1v) is 11.6.